The summed E-state index contributed by atoms with van der Waals surface area (Å²) in [4.78, 5) is 35.8. The van der Waals surface area contributed by atoms with E-state index in [0.717, 1.165) is 89.9 Å². The number of phosphoric ester groups is 1. The van der Waals surface area contributed by atoms with E-state index in [-0.39, 0.29) is 19.3 Å². The van der Waals surface area contributed by atoms with Crippen LogP contribution in [-0.4, -0.2) is 110 Å². The van der Waals surface area contributed by atoms with Gasteiger partial charge in [-0.3, -0.25) is 18.6 Å². The summed E-state index contributed by atoms with van der Waals surface area (Å²) in [6.07, 6.45) is 41.2. The van der Waals surface area contributed by atoms with Gasteiger partial charge in [0.05, 0.1) is 12.7 Å². The maximum absolute atomic E-state index is 12.8. The number of aliphatic hydroxyl groups is 6. The number of esters is 2. The van der Waals surface area contributed by atoms with Gasteiger partial charge in [0.25, 0.3) is 0 Å². The monoisotopic (exact) mass is 975 g/mol. The number of allylic oxidation sites excluding steroid dienone is 18. The normalized spacial score (nSPS) is 22.5. The van der Waals surface area contributed by atoms with Crippen LogP contribution in [0.5, 0.6) is 0 Å². The number of rotatable bonds is 38. The highest BCUT2D eigenvalue weighted by Gasteiger charge is 2.51. The lowest BCUT2D eigenvalue weighted by atomic mass is 9.85. The largest absolute Gasteiger partial charge is 0.472 e. The molecule has 1 fully saturated rings. The van der Waals surface area contributed by atoms with Gasteiger partial charge in [0, 0.05) is 12.8 Å². The van der Waals surface area contributed by atoms with Crippen molar-refractivity contribution in [1.29, 1.82) is 0 Å². The molecule has 1 aliphatic carbocycles. The topological polar surface area (TPSA) is 230 Å². The van der Waals surface area contributed by atoms with Crippen LogP contribution in [0.2, 0.25) is 0 Å². The summed E-state index contributed by atoms with van der Waals surface area (Å²) < 4.78 is 33.4. The first-order valence-electron chi connectivity index (χ1n) is 24.4. The van der Waals surface area contributed by atoms with Crippen molar-refractivity contribution in [2.24, 2.45) is 0 Å². The fraction of sp³-hybridized carbons (Fsp3) is 0.585. The van der Waals surface area contributed by atoms with E-state index in [9.17, 15) is 49.7 Å². The van der Waals surface area contributed by atoms with Crippen LogP contribution >= 0.6 is 7.82 Å². The summed E-state index contributed by atoms with van der Waals surface area (Å²) in [5.74, 6) is -1.31. The summed E-state index contributed by atoms with van der Waals surface area (Å²) in [6.45, 7) is 2.90. The number of hydrogen-bond donors (Lipinski definition) is 7. The van der Waals surface area contributed by atoms with Crippen LogP contribution < -0.4 is 0 Å². The third kappa shape index (κ3) is 32.9. The van der Waals surface area contributed by atoms with Gasteiger partial charge in [-0.2, -0.15) is 0 Å². The summed E-state index contributed by atoms with van der Waals surface area (Å²) in [7, 11) is -5.18. The molecule has 0 aromatic carbocycles. The van der Waals surface area contributed by atoms with Crippen molar-refractivity contribution < 1.29 is 68.2 Å². The molecule has 0 spiro atoms. The summed E-state index contributed by atoms with van der Waals surface area (Å²) >= 11 is 0. The molecule has 384 valence electrons. The van der Waals surface area contributed by atoms with Crippen LogP contribution in [0, 0.1) is 0 Å². The number of phosphoric acid groups is 1. The Bertz CT molecular complexity index is 1660. The molecule has 4 unspecified atom stereocenters. The van der Waals surface area contributed by atoms with E-state index in [0.29, 0.717) is 12.8 Å². The Kier molecular flexibility index (Phi) is 37.6. The van der Waals surface area contributed by atoms with Crippen LogP contribution in [-0.2, 0) is 32.7 Å². The van der Waals surface area contributed by atoms with E-state index in [1.807, 2.05) is 12.2 Å². The molecule has 0 heterocycles. The number of carbonyl (C=O) groups is 2. The maximum Gasteiger partial charge on any atom is 0.472 e. The van der Waals surface area contributed by atoms with Gasteiger partial charge < -0.3 is 45.0 Å². The summed E-state index contributed by atoms with van der Waals surface area (Å²) in [5, 5.41) is 60.5. The molecular weight excluding hydrogens is 892 g/mol. The molecular formula is C53H83O14P. The summed E-state index contributed by atoms with van der Waals surface area (Å²) in [6, 6.07) is 0. The summed E-state index contributed by atoms with van der Waals surface area (Å²) in [5.41, 5.74) is 0. The van der Waals surface area contributed by atoms with Gasteiger partial charge >= 0.3 is 19.8 Å². The highest BCUT2D eigenvalue weighted by Crippen LogP contribution is 2.47. The first kappa shape index (κ1) is 62.2. The maximum atomic E-state index is 12.8. The lowest BCUT2D eigenvalue weighted by molar-refractivity contribution is -0.220. The minimum Gasteiger partial charge on any atom is -0.462 e. The zero-order valence-electron chi connectivity index (χ0n) is 40.5. The molecule has 0 aliphatic heterocycles. The van der Waals surface area contributed by atoms with Gasteiger partial charge in [0.15, 0.2) is 6.10 Å². The minimum atomic E-state index is -5.18. The quantitative estimate of drug-likeness (QED) is 0.0101. The van der Waals surface area contributed by atoms with E-state index < -0.39 is 81.8 Å². The van der Waals surface area contributed by atoms with E-state index >= 15 is 0 Å². The molecule has 15 heteroatoms. The molecule has 9 atom stereocenters. The molecule has 0 radical (unpaired) electrons. The molecule has 7 N–H and O–H groups in total. The Morgan fingerprint density at radius 3 is 1.56 bits per heavy atom. The van der Waals surface area contributed by atoms with Gasteiger partial charge in [-0.25, -0.2) is 4.57 Å². The fourth-order valence-electron chi connectivity index (χ4n) is 6.50. The second kappa shape index (κ2) is 41.0. The van der Waals surface area contributed by atoms with Gasteiger partial charge in [0.1, 0.15) is 43.2 Å². The highest BCUT2D eigenvalue weighted by atomic mass is 31.2. The lowest BCUT2D eigenvalue weighted by Gasteiger charge is -2.41. The van der Waals surface area contributed by atoms with E-state index in [4.69, 9.17) is 18.5 Å². The van der Waals surface area contributed by atoms with Gasteiger partial charge in [-0.1, -0.05) is 161 Å². The number of ether oxygens (including phenoxy) is 2. The van der Waals surface area contributed by atoms with Crippen LogP contribution in [0.1, 0.15) is 136 Å². The molecule has 1 aliphatic rings. The Balaban J connectivity index is 2.55. The zero-order valence-corrected chi connectivity index (χ0v) is 41.3. The average molecular weight is 975 g/mol. The van der Waals surface area contributed by atoms with Crippen molar-refractivity contribution in [3.63, 3.8) is 0 Å². The Morgan fingerprint density at radius 1 is 0.529 bits per heavy atom. The lowest BCUT2D eigenvalue weighted by Crippen LogP contribution is -2.64. The van der Waals surface area contributed by atoms with Crippen molar-refractivity contribution in [2.75, 3.05) is 13.2 Å². The van der Waals surface area contributed by atoms with Crippen molar-refractivity contribution >= 4 is 19.8 Å². The Labute approximate surface area is 406 Å². The van der Waals surface area contributed by atoms with Gasteiger partial charge in [-0.15, -0.1) is 0 Å². The molecule has 14 nitrogen and oxygen atoms in total. The standard InChI is InChI=1S/C53H83O14P/c1-3-5-7-9-11-13-15-17-18-19-20-21-22-24-26-28-30-32-36-40-46(55)64-42-45(43-65-68(62,63)67-53-51(60)49(58)48(57)50(59)52(53)61)66-47(56)41-37-33-35-39-44(54)38-34-31-29-27-25-23-16-14-12-10-8-6-4-2/h5-8,11-14,17-18,20-21,23,25,29,31,33-35,38,44-45,48-54,57-61H,3-4,9-10,15-16,19,22,24,26-28,30,32,36-37,39-43H2,1-2H3,(H,62,63)/b7-5-,8-6-,13-11-,14-12-,18-17-,21-20-,25-23-,31-29-,35-33-,38-34-/t44?,45-,48?,49-,50+,51-,52-,53?/m1/s1. The number of carbonyl (C=O) groups excluding carboxylic acids is 2. The predicted molar refractivity (Wildman–Crippen MR) is 268 cm³/mol. The van der Waals surface area contributed by atoms with Crippen molar-refractivity contribution in [3.05, 3.63) is 122 Å². The van der Waals surface area contributed by atoms with Crippen LogP contribution in [0.15, 0.2) is 122 Å². The molecule has 0 amide bonds. The SMILES string of the molecule is CC/C=C\C/C=C\C/C=C\C/C=C\C=C/C(O)C/C=C\CCC(=O)O[C@H](COC(=O)CCCCCCCC/C=C\C/C=C\C/C=C\C/C=C\CC)COP(=O)(O)OC1[C@H](O)[C@H](O)C(O)[C@H](O)[C@H]1O. The van der Waals surface area contributed by atoms with Crippen molar-refractivity contribution in [2.45, 2.75) is 185 Å². The predicted octanol–water partition coefficient (Wildman–Crippen LogP) is 9.14. The molecule has 0 saturated heterocycles. The Hall–Kier alpha value is -3.79. The van der Waals surface area contributed by atoms with E-state index in [1.165, 1.54) is 0 Å². The second-order valence-electron chi connectivity index (χ2n) is 16.4. The zero-order chi connectivity index (χ0) is 50.1. The first-order valence-corrected chi connectivity index (χ1v) is 25.9. The molecule has 0 bridgehead atoms. The number of hydrogen-bond acceptors (Lipinski definition) is 13. The molecule has 1 saturated carbocycles. The molecule has 68 heavy (non-hydrogen) atoms. The van der Waals surface area contributed by atoms with Crippen LogP contribution in [0.4, 0.5) is 0 Å². The smallest absolute Gasteiger partial charge is 0.462 e. The molecule has 1 rings (SSSR count). The second-order valence-corrected chi connectivity index (χ2v) is 17.8. The average Bonchev–Trinajstić information content (AvgIpc) is 3.32. The highest BCUT2D eigenvalue weighted by molar-refractivity contribution is 7.47. The van der Waals surface area contributed by atoms with E-state index in [1.54, 1.807) is 24.3 Å². The third-order valence-corrected chi connectivity index (χ3v) is 11.4. The number of aliphatic hydroxyl groups excluding tert-OH is 6. The number of unbranched alkanes of at least 4 members (excludes halogenated alkanes) is 6. The first-order chi connectivity index (χ1) is 32.8. The Morgan fingerprint density at radius 2 is 1.00 bits per heavy atom. The minimum absolute atomic E-state index is 0.105. The van der Waals surface area contributed by atoms with Crippen LogP contribution in [0.25, 0.3) is 0 Å². The molecule has 0 aromatic heterocycles. The van der Waals surface area contributed by atoms with Crippen LogP contribution in [0.3, 0.4) is 0 Å². The fourth-order valence-corrected chi connectivity index (χ4v) is 7.48. The molecule has 0 aromatic rings. The third-order valence-electron chi connectivity index (χ3n) is 10.4. The van der Waals surface area contributed by atoms with Crippen molar-refractivity contribution in [1.82, 2.24) is 0 Å². The van der Waals surface area contributed by atoms with Gasteiger partial charge in [-0.05, 0) is 83.5 Å². The van der Waals surface area contributed by atoms with Crippen molar-refractivity contribution in [3.8, 4) is 0 Å². The van der Waals surface area contributed by atoms with Gasteiger partial charge in [0.2, 0.25) is 0 Å². The van der Waals surface area contributed by atoms with E-state index in [2.05, 4.69) is 98.9 Å².